The molecule has 19 heavy (non-hydrogen) atoms. The first-order valence-electron chi connectivity index (χ1n) is 5.63. The number of aromatic carboxylic acids is 1. The Morgan fingerprint density at radius 1 is 1.21 bits per heavy atom. The zero-order valence-electron chi connectivity index (χ0n) is 9.75. The SMILES string of the molecule is O=C(O)c1c(Cl)n(-c2ccccc2)c2ccncc12. The minimum Gasteiger partial charge on any atom is -0.478 e. The summed E-state index contributed by atoms with van der Waals surface area (Å²) in [5.41, 5.74) is 1.62. The summed E-state index contributed by atoms with van der Waals surface area (Å²) in [7, 11) is 0. The van der Waals surface area contributed by atoms with Gasteiger partial charge in [-0.2, -0.15) is 0 Å². The fourth-order valence-corrected chi connectivity index (χ4v) is 2.51. The van der Waals surface area contributed by atoms with E-state index in [2.05, 4.69) is 4.98 Å². The second-order valence-electron chi connectivity index (χ2n) is 4.03. The molecule has 0 amide bonds. The van der Waals surface area contributed by atoms with Crippen LogP contribution in [0.25, 0.3) is 16.6 Å². The van der Waals surface area contributed by atoms with Crippen LogP contribution in [-0.2, 0) is 0 Å². The highest BCUT2D eigenvalue weighted by molar-refractivity contribution is 6.35. The first kappa shape index (κ1) is 11.7. The number of halogens is 1. The third kappa shape index (κ3) is 1.77. The minimum absolute atomic E-state index is 0.0774. The molecule has 2 heterocycles. The summed E-state index contributed by atoms with van der Waals surface area (Å²) >= 11 is 6.24. The van der Waals surface area contributed by atoms with Crippen LogP contribution < -0.4 is 0 Å². The predicted molar refractivity (Wildman–Crippen MR) is 73.0 cm³/mol. The zero-order chi connectivity index (χ0) is 13.4. The molecule has 0 radical (unpaired) electrons. The molecule has 0 fully saturated rings. The molecule has 0 aliphatic heterocycles. The molecule has 0 aliphatic carbocycles. The Morgan fingerprint density at radius 3 is 2.63 bits per heavy atom. The molecule has 1 aromatic carbocycles. The van der Waals surface area contributed by atoms with Crippen molar-refractivity contribution in [2.24, 2.45) is 0 Å². The molecular formula is C14H9ClN2O2. The number of carboxylic acids is 1. The number of rotatable bonds is 2. The van der Waals surface area contributed by atoms with Crippen LogP contribution >= 0.6 is 11.6 Å². The van der Waals surface area contributed by atoms with E-state index in [1.165, 1.54) is 6.20 Å². The van der Waals surface area contributed by atoms with Crippen molar-refractivity contribution in [2.45, 2.75) is 0 Å². The number of carboxylic acid groups (broad SMARTS) is 1. The third-order valence-corrected chi connectivity index (χ3v) is 3.30. The van der Waals surface area contributed by atoms with E-state index >= 15 is 0 Å². The standard InChI is InChI=1S/C14H9ClN2O2/c15-13-12(14(18)19)10-8-16-7-6-11(10)17(13)9-4-2-1-3-5-9/h1-8H,(H,18,19). The quantitative estimate of drug-likeness (QED) is 0.778. The predicted octanol–water partition coefficient (Wildman–Crippen LogP) is 3.38. The van der Waals surface area contributed by atoms with Crippen molar-refractivity contribution in [1.82, 2.24) is 9.55 Å². The molecule has 4 nitrogen and oxygen atoms in total. The van der Waals surface area contributed by atoms with E-state index in [1.807, 2.05) is 30.3 Å². The first-order chi connectivity index (χ1) is 9.20. The molecule has 0 aliphatic rings. The van der Waals surface area contributed by atoms with E-state index in [0.717, 1.165) is 11.2 Å². The summed E-state index contributed by atoms with van der Waals surface area (Å²) in [5, 5.41) is 10.0. The monoisotopic (exact) mass is 272 g/mol. The van der Waals surface area contributed by atoms with Crippen molar-refractivity contribution in [3.8, 4) is 5.69 Å². The lowest BCUT2D eigenvalue weighted by atomic mass is 10.2. The lowest BCUT2D eigenvalue weighted by Gasteiger charge is -2.06. The van der Waals surface area contributed by atoms with Crippen LogP contribution in [0.5, 0.6) is 0 Å². The van der Waals surface area contributed by atoms with Crippen molar-refractivity contribution in [1.29, 1.82) is 0 Å². The van der Waals surface area contributed by atoms with E-state index in [0.29, 0.717) is 5.39 Å². The van der Waals surface area contributed by atoms with Crippen LogP contribution in [0.3, 0.4) is 0 Å². The van der Waals surface area contributed by atoms with E-state index in [-0.39, 0.29) is 10.7 Å². The summed E-state index contributed by atoms with van der Waals surface area (Å²) in [6, 6.07) is 11.1. The molecule has 2 aromatic heterocycles. The lowest BCUT2D eigenvalue weighted by molar-refractivity contribution is 0.0699. The van der Waals surface area contributed by atoms with Gasteiger partial charge in [0.05, 0.1) is 5.52 Å². The van der Waals surface area contributed by atoms with E-state index in [9.17, 15) is 9.90 Å². The van der Waals surface area contributed by atoms with Crippen molar-refractivity contribution in [3.05, 3.63) is 59.5 Å². The van der Waals surface area contributed by atoms with Crippen molar-refractivity contribution in [2.75, 3.05) is 0 Å². The second-order valence-corrected chi connectivity index (χ2v) is 4.39. The molecule has 0 saturated heterocycles. The molecule has 3 aromatic rings. The van der Waals surface area contributed by atoms with Gasteiger partial charge in [0, 0.05) is 23.5 Å². The highest BCUT2D eigenvalue weighted by Crippen LogP contribution is 2.32. The van der Waals surface area contributed by atoms with Gasteiger partial charge < -0.3 is 5.11 Å². The number of nitrogens with zero attached hydrogens (tertiary/aromatic N) is 2. The Hall–Kier alpha value is -2.33. The second kappa shape index (κ2) is 4.40. The van der Waals surface area contributed by atoms with Gasteiger partial charge in [-0.3, -0.25) is 9.55 Å². The summed E-state index contributed by atoms with van der Waals surface area (Å²) < 4.78 is 1.71. The molecule has 0 spiro atoms. The number of carbonyl (C=O) groups is 1. The van der Waals surface area contributed by atoms with Crippen LogP contribution in [-0.4, -0.2) is 20.6 Å². The molecule has 5 heteroatoms. The normalized spacial score (nSPS) is 10.8. The Labute approximate surface area is 113 Å². The van der Waals surface area contributed by atoms with Gasteiger partial charge in [0.1, 0.15) is 10.7 Å². The number of hydrogen-bond acceptors (Lipinski definition) is 2. The van der Waals surface area contributed by atoms with Crippen LogP contribution in [0.1, 0.15) is 10.4 Å². The number of benzene rings is 1. The molecule has 0 unspecified atom stereocenters. The Balaban J connectivity index is 2.43. The third-order valence-electron chi connectivity index (χ3n) is 2.94. The maximum atomic E-state index is 11.4. The molecule has 3 rings (SSSR count). The largest absolute Gasteiger partial charge is 0.478 e. The highest BCUT2D eigenvalue weighted by atomic mass is 35.5. The van der Waals surface area contributed by atoms with Crippen LogP contribution in [0, 0.1) is 0 Å². The van der Waals surface area contributed by atoms with Crippen LogP contribution in [0.15, 0.2) is 48.8 Å². The van der Waals surface area contributed by atoms with Gasteiger partial charge in [0.25, 0.3) is 0 Å². The first-order valence-corrected chi connectivity index (χ1v) is 6.00. The Morgan fingerprint density at radius 2 is 1.95 bits per heavy atom. The fourth-order valence-electron chi connectivity index (χ4n) is 2.14. The number of aromatic nitrogens is 2. The van der Waals surface area contributed by atoms with Crippen molar-refractivity contribution >= 4 is 28.5 Å². The van der Waals surface area contributed by atoms with Crippen LogP contribution in [0.2, 0.25) is 5.15 Å². The van der Waals surface area contributed by atoms with Crippen molar-refractivity contribution in [3.63, 3.8) is 0 Å². The fraction of sp³-hybridized carbons (Fsp3) is 0. The van der Waals surface area contributed by atoms with Gasteiger partial charge in [-0.1, -0.05) is 29.8 Å². The number of pyridine rings is 1. The van der Waals surface area contributed by atoms with Crippen LogP contribution in [0.4, 0.5) is 0 Å². The molecule has 94 valence electrons. The molecule has 0 saturated carbocycles. The van der Waals surface area contributed by atoms with E-state index in [1.54, 1.807) is 16.8 Å². The average molecular weight is 273 g/mol. The minimum atomic E-state index is -1.06. The summed E-state index contributed by atoms with van der Waals surface area (Å²) in [4.78, 5) is 15.3. The average Bonchev–Trinajstić information content (AvgIpc) is 2.71. The molecule has 1 N–H and O–H groups in total. The molecule has 0 atom stereocenters. The van der Waals surface area contributed by atoms with Gasteiger partial charge in [-0.15, -0.1) is 0 Å². The maximum absolute atomic E-state index is 11.4. The van der Waals surface area contributed by atoms with Crippen molar-refractivity contribution < 1.29 is 9.90 Å². The number of para-hydroxylation sites is 1. The van der Waals surface area contributed by atoms with Gasteiger partial charge in [0.15, 0.2) is 0 Å². The topological polar surface area (TPSA) is 55.1 Å². The summed E-state index contributed by atoms with van der Waals surface area (Å²) in [5.74, 6) is -1.06. The van der Waals surface area contributed by atoms with E-state index < -0.39 is 5.97 Å². The number of fused-ring (bicyclic) bond motifs is 1. The van der Waals surface area contributed by atoms with Gasteiger partial charge in [0.2, 0.25) is 0 Å². The zero-order valence-corrected chi connectivity index (χ0v) is 10.5. The number of hydrogen-bond donors (Lipinski definition) is 1. The van der Waals surface area contributed by atoms with Gasteiger partial charge in [-0.25, -0.2) is 4.79 Å². The van der Waals surface area contributed by atoms with Gasteiger partial charge in [-0.05, 0) is 18.2 Å². The maximum Gasteiger partial charge on any atom is 0.339 e. The highest BCUT2D eigenvalue weighted by Gasteiger charge is 2.21. The Kier molecular flexibility index (Phi) is 2.72. The molecular weight excluding hydrogens is 264 g/mol. The lowest BCUT2D eigenvalue weighted by Crippen LogP contribution is -1.98. The summed E-state index contributed by atoms with van der Waals surface area (Å²) in [6.45, 7) is 0. The summed E-state index contributed by atoms with van der Waals surface area (Å²) in [6.07, 6.45) is 3.13. The molecule has 0 bridgehead atoms. The smallest absolute Gasteiger partial charge is 0.339 e. The van der Waals surface area contributed by atoms with Gasteiger partial charge >= 0.3 is 5.97 Å². The van der Waals surface area contributed by atoms with E-state index in [4.69, 9.17) is 11.6 Å². The Bertz CT molecular complexity index is 766.